The molecule has 0 unspecified atom stereocenters. The van der Waals surface area contributed by atoms with E-state index in [1.54, 1.807) is 6.07 Å². The summed E-state index contributed by atoms with van der Waals surface area (Å²) in [6.45, 7) is 0. The summed E-state index contributed by atoms with van der Waals surface area (Å²) in [6.07, 6.45) is 5.42. The summed E-state index contributed by atoms with van der Waals surface area (Å²) >= 11 is 3.46. The molecule has 27 heavy (non-hydrogen) atoms. The number of carbonyl (C=O) groups is 1. The van der Waals surface area contributed by atoms with E-state index in [1.165, 1.54) is 18.0 Å². The highest BCUT2D eigenvalue weighted by atomic mass is 79.9. The second kappa shape index (κ2) is 7.31. The van der Waals surface area contributed by atoms with E-state index in [0.29, 0.717) is 5.65 Å². The van der Waals surface area contributed by atoms with Crippen LogP contribution in [-0.2, 0) is 4.74 Å². The first kappa shape index (κ1) is 18.0. The number of carbonyl (C=O) groups excluding carboxylic acids is 1. The molecular weight excluding hydrogens is 410 g/mol. The van der Waals surface area contributed by atoms with Crippen LogP contribution in [0.3, 0.4) is 0 Å². The number of ether oxygens (including phenoxy) is 1. The molecule has 0 aliphatic heterocycles. The Labute approximate surface area is 164 Å². The molecule has 1 aliphatic rings. The van der Waals surface area contributed by atoms with Crippen LogP contribution in [0.5, 0.6) is 0 Å². The van der Waals surface area contributed by atoms with Crippen LogP contribution in [0.2, 0.25) is 0 Å². The van der Waals surface area contributed by atoms with E-state index in [9.17, 15) is 9.59 Å². The Hall–Kier alpha value is -2.41. The molecule has 1 saturated carbocycles. The van der Waals surface area contributed by atoms with Gasteiger partial charge in [-0.25, -0.2) is 4.79 Å². The summed E-state index contributed by atoms with van der Waals surface area (Å²) in [5, 5.41) is 4.18. The number of aromatic amines is 1. The van der Waals surface area contributed by atoms with Gasteiger partial charge in [-0.2, -0.15) is 9.61 Å². The van der Waals surface area contributed by atoms with Crippen molar-refractivity contribution >= 4 is 27.5 Å². The number of nitrogens with zero attached hydrogens (tertiary/aromatic N) is 2. The molecule has 0 radical (unpaired) electrons. The Bertz CT molecular complexity index is 1050. The van der Waals surface area contributed by atoms with Gasteiger partial charge in [0.05, 0.1) is 12.8 Å². The second-order valence-corrected chi connectivity index (χ2v) is 7.79. The number of esters is 1. The van der Waals surface area contributed by atoms with Crippen molar-refractivity contribution < 1.29 is 9.53 Å². The third-order valence-electron chi connectivity index (χ3n) is 5.20. The van der Waals surface area contributed by atoms with E-state index < -0.39 is 5.97 Å². The number of hydrogen-bond acceptors (Lipinski definition) is 4. The molecule has 4 rings (SSSR count). The van der Waals surface area contributed by atoms with E-state index >= 15 is 0 Å². The Morgan fingerprint density at radius 1 is 1.22 bits per heavy atom. The molecule has 1 aliphatic carbocycles. The first-order chi connectivity index (χ1) is 13.1. The van der Waals surface area contributed by atoms with Gasteiger partial charge in [0.25, 0.3) is 5.56 Å². The zero-order valence-corrected chi connectivity index (χ0v) is 16.6. The fourth-order valence-electron chi connectivity index (χ4n) is 3.86. The molecular formula is C20H20BrN3O3. The largest absolute Gasteiger partial charge is 0.464 e. The minimum absolute atomic E-state index is 0.119. The summed E-state index contributed by atoms with van der Waals surface area (Å²) in [5.74, 6) is -0.368. The van der Waals surface area contributed by atoms with Gasteiger partial charge in [-0.15, -0.1) is 0 Å². The number of benzene rings is 1. The number of halogens is 1. The van der Waals surface area contributed by atoms with Crippen LogP contribution < -0.4 is 5.56 Å². The van der Waals surface area contributed by atoms with Gasteiger partial charge in [-0.3, -0.25) is 4.79 Å². The molecule has 0 saturated heterocycles. The first-order valence-corrected chi connectivity index (χ1v) is 9.88. The predicted molar refractivity (Wildman–Crippen MR) is 106 cm³/mol. The standard InChI is InChI=1S/C20H20BrN3O3/c1-27-20(26)15-11-16-22-18(13-7-9-14(21)10-8-13)17(19(25)24(16)23-15)12-5-3-2-4-6-12/h7-12,22H,2-6H2,1H3. The number of hydrogen-bond donors (Lipinski definition) is 1. The highest BCUT2D eigenvalue weighted by molar-refractivity contribution is 9.10. The molecule has 7 heteroatoms. The average molecular weight is 430 g/mol. The molecule has 0 amide bonds. The highest BCUT2D eigenvalue weighted by Crippen LogP contribution is 2.36. The third-order valence-corrected chi connectivity index (χ3v) is 5.72. The lowest BCUT2D eigenvalue weighted by Gasteiger charge is -2.23. The predicted octanol–water partition coefficient (Wildman–Crippen LogP) is 4.29. The van der Waals surface area contributed by atoms with E-state index in [2.05, 4.69) is 26.0 Å². The van der Waals surface area contributed by atoms with Crippen LogP contribution in [0.1, 0.15) is 54.1 Å². The van der Waals surface area contributed by atoms with Crippen molar-refractivity contribution in [1.82, 2.24) is 14.6 Å². The average Bonchev–Trinajstić information content (AvgIpc) is 3.13. The number of fused-ring (bicyclic) bond motifs is 1. The lowest BCUT2D eigenvalue weighted by atomic mass is 9.83. The summed E-state index contributed by atoms with van der Waals surface area (Å²) < 4.78 is 7.01. The summed E-state index contributed by atoms with van der Waals surface area (Å²) in [5.41, 5.74) is 2.95. The molecule has 2 heterocycles. The van der Waals surface area contributed by atoms with Crippen LogP contribution in [-0.4, -0.2) is 27.7 Å². The van der Waals surface area contributed by atoms with Gasteiger partial charge in [0.15, 0.2) is 5.69 Å². The van der Waals surface area contributed by atoms with Gasteiger partial charge < -0.3 is 9.72 Å². The summed E-state index contributed by atoms with van der Waals surface area (Å²) in [4.78, 5) is 28.5. The van der Waals surface area contributed by atoms with Crippen LogP contribution in [0.4, 0.5) is 0 Å². The van der Waals surface area contributed by atoms with Crippen LogP contribution >= 0.6 is 15.9 Å². The van der Waals surface area contributed by atoms with Gasteiger partial charge in [0.1, 0.15) is 5.65 Å². The molecule has 0 atom stereocenters. The van der Waals surface area contributed by atoms with Gasteiger partial charge >= 0.3 is 5.97 Å². The van der Waals surface area contributed by atoms with Crippen molar-refractivity contribution in [2.24, 2.45) is 0 Å². The third kappa shape index (κ3) is 3.32. The van der Waals surface area contributed by atoms with Crippen LogP contribution in [0.15, 0.2) is 39.6 Å². The lowest BCUT2D eigenvalue weighted by Crippen LogP contribution is -2.25. The second-order valence-electron chi connectivity index (χ2n) is 6.88. The maximum absolute atomic E-state index is 13.3. The number of rotatable bonds is 3. The molecule has 3 aromatic rings. The molecule has 0 bridgehead atoms. The molecule has 1 N–H and O–H groups in total. The molecule has 6 nitrogen and oxygen atoms in total. The Kier molecular flexibility index (Phi) is 4.86. The summed E-state index contributed by atoms with van der Waals surface area (Å²) in [7, 11) is 1.30. The molecule has 0 spiro atoms. The minimum Gasteiger partial charge on any atom is -0.464 e. The Morgan fingerprint density at radius 3 is 2.59 bits per heavy atom. The quantitative estimate of drug-likeness (QED) is 0.630. The van der Waals surface area contributed by atoms with Crippen molar-refractivity contribution in [2.75, 3.05) is 7.11 Å². The van der Waals surface area contributed by atoms with Gasteiger partial charge in [0.2, 0.25) is 0 Å². The Morgan fingerprint density at radius 2 is 1.93 bits per heavy atom. The van der Waals surface area contributed by atoms with E-state index in [4.69, 9.17) is 4.74 Å². The Balaban J connectivity index is 1.96. The maximum atomic E-state index is 13.3. The zero-order valence-electron chi connectivity index (χ0n) is 15.0. The monoisotopic (exact) mass is 429 g/mol. The topological polar surface area (TPSA) is 76.5 Å². The highest BCUT2D eigenvalue weighted by Gasteiger charge is 2.25. The summed E-state index contributed by atoms with van der Waals surface area (Å²) in [6, 6.07) is 9.43. The minimum atomic E-state index is -0.559. The van der Waals surface area contributed by atoms with Crippen molar-refractivity contribution in [2.45, 2.75) is 38.0 Å². The first-order valence-electron chi connectivity index (χ1n) is 9.08. The van der Waals surface area contributed by atoms with Crippen LogP contribution in [0, 0.1) is 0 Å². The molecule has 1 fully saturated rings. The number of aromatic nitrogens is 3. The smallest absolute Gasteiger partial charge is 0.358 e. The lowest BCUT2D eigenvalue weighted by molar-refractivity contribution is 0.0593. The number of nitrogens with one attached hydrogen (secondary N) is 1. The SMILES string of the molecule is COC(=O)c1cc2[nH]c(-c3ccc(Br)cc3)c(C3CCCCC3)c(=O)n2n1. The van der Waals surface area contributed by atoms with Crippen molar-refractivity contribution in [1.29, 1.82) is 0 Å². The zero-order chi connectivity index (χ0) is 19.0. The normalized spacial score (nSPS) is 15.2. The maximum Gasteiger partial charge on any atom is 0.358 e. The van der Waals surface area contributed by atoms with Crippen molar-refractivity contribution in [3.05, 3.63) is 56.4 Å². The van der Waals surface area contributed by atoms with Crippen molar-refractivity contribution in [3.8, 4) is 11.3 Å². The fraction of sp³-hybridized carbons (Fsp3) is 0.350. The van der Waals surface area contributed by atoms with Gasteiger partial charge in [-0.1, -0.05) is 47.3 Å². The van der Waals surface area contributed by atoms with Gasteiger partial charge in [0, 0.05) is 16.1 Å². The number of H-pyrrole nitrogens is 1. The van der Waals surface area contributed by atoms with Gasteiger partial charge in [-0.05, 0) is 36.5 Å². The van der Waals surface area contributed by atoms with E-state index in [-0.39, 0.29) is 17.2 Å². The van der Waals surface area contributed by atoms with E-state index in [0.717, 1.165) is 47.0 Å². The van der Waals surface area contributed by atoms with E-state index in [1.807, 2.05) is 24.3 Å². The number of methoxy groups -OCH3 is 1. The van der Waals surface area contributed by atoms with Crippen molar-refractivity contribution in [3.63, 3.8) is 0 Å². The molecule has 140 valence electrons. The van der Waals surface area contributed by atoms with Crippen LogP contribution in [0.25, 0.3) is 16.9 Å². The molecule has 1 aromatic carbocycles. The molecule has 2 aromatic heterocycles. The fourth-order valence-corrected chi connectivity index (χ4v) is 4.12.